The van der Waals surface area contributed by atoms with Crippen LogP contribution in [0.25, 0.3) is 6.08 Å². The zero-order chi connectivity index (χ0) is 24.6. The van der Waals surface area contributed by atoms with Crippen LogP contribution >= 0.6 is 24.0 Å². The number of azo groups is 2. The molecule has 1 saturated heterocycles. The minimum absolute atomic E-state index is 0.0124. The molecule has 2 aliphatic heterocycles. The Hall–Kier alpha value is -2.32. The number of carbonyl (C=O) groups is 2. The van der Waals surface area contributed by atoms with E-state index in [9.17, 15) is 9.59 Å². The summed E-state index contributed by atoms with van der Waals surface area (Å²) in [6.45, 7) is 13.4. The molecule has 0 radical (unpaired) electrons. The molecule has 2 heterocycles. The number of carbonyl (C=O) groups excluding carboxylic acids is 1. The number of carboxylic acid groups (broad SMARTS) is 1. The largest absolute Gasteiger partial charge is 0.481 e. The van der Waals surface area contributed by atoms with E-state index in [1.165, 1.54) is 22.2 Å². The van der Waals surface area contributed by atoms with E-state index in [4.69, 9.17) is 22.4 Å². The van der Waals surface area contributed by atoms with Gasteiger partial charge in [0.15, 0.2) is 17.8 Å². The van der Waals surface area contributed by atoms with Crippen molar-refractivity contribution in [1.29, 1.82) is 0 Å². The van der Waals surface area contributed by atoms with Crippen LogP contribution in [0, 0.1) is 5.41 Å². The van der Waals surface area contributed by atoms with Crippen molar-refractivity contribution in [3.63, 3.8) is 0 Å². The second-order valence-corrected chi connectivity index (χ2v) is 12.0. The number of carboxylic acids is 1. The molecule has 1 atom stereocenters. The number of benzene rings is 1. The maximum absolute atomic E-state index is 12.7. The number of aliphatic carboxylic acids is 1. The quantitative estimate of drug-likeness (QED) is 0.303. The molecule has 0 aliphatic carbocycles. The van der Waals surface area contributed by atoms with E-state index in [0.29, 0.717) is 22.2 Å². The third kappa shape index (κ3) is 5.98. The minimum atomic E-state index is -0.875. The van der Waals surface area contributed by atoms with Gasteiger partial charge >= 0.3 is 5.97 Å². The van der Waals surface area contributed by atoms with Gasteiger partial charge in [-0.25, -0.2) is 0 Å². The van der Waals surface area contributed by atoms with Gasteiger partial charge in [0, 0.05) is 39.3 Å². The van der Waals surface area contributed by atoms with E-state index < -0.39 is 5.97 Å². The summed E-state index contributed by atoms with van der Waals surface area (Å²) in [5, 5.41) is 13.8. The van der Waals surface area contributed by atoms with Crippen molar-refractivity contribution >= 4 is 46.3 Å². The summed E-state index contributed by atoms with van der Waals surface area (Å²) in [6, 6.07) is 8.10. The molecule has 1 aromatic rings. The van der Waals surface area contributed by atoms with Gasteiger partial charge in [0.2, 0.25) is 0 Å². The summed E-state index contributed by atoms with van der Waals surface area (Å²) in [7, 11) is 0. The van der Waals surface area contributed by atoms with Crippen LogP contribution in [0.3, 0.4) is 0 Å². The highest BCUT2D eigenvalue weighted by atomic mass is 32.2. The van der Waals surface area contributed by atoms with Crippen molar-refractivity contribution in [1.82, 2.24) is 4.90 Å². The summed E-state index contributed by atoms with van der Waals surface area (Å²) < 4.78 is 2.53. The van der Waals surface area contributed by atoms with Gasteiger partial charge in [-0.3, -0.25) is 14.5 Å². The Balaban J connectivity index is 1.79. The Bertz CT molecular complexity index is 1060. The summed E-state index contributed by atoms with van der Waals surface area (Å²) in [5.41, 5.74) is 3.19. The molecule has 1 aromatic carbocycles. The lowest BCUT2D eigenvalue weighted by Crippen LogP contribution is -2.29. The third-order valence-corrected chi connectivity index (χ3v) is 6.92. The molecule has 1 N–H and O–H groups in total. The highest BCUT2D eigenvalue weighted by molar-refractivity contribution is 8.26. The second kappa shape index (κ2) is 9.50. The molecular weight excluding hydrogens is 454 g/mol. The fourth-order valence-electron chi connectivity index (χ4n) is 3.65. The summed E-state index contributed by atoms with van der Waals surface area (Å²) in [6.07, 6.45) is 4.41. The van der Waals surface area contributed by atoms with E-state index >= 15 is 0 Å². The maximum Gasteiger partial charge on any atom is 0.303 e. The lowest BCUT2D eigenvalue weighted by molar-refractivity contribution is -0.595. The van der Waals surface area contributed by atoms with Gasteiger partial charge in [0.05, 0.1) is 4.91 Å². The van der Waals surface area contributed by atoms with E-state index in [1.807, 2.05) is 18.2 Å². The number of thiocarbonyl (C=S) groups is 1. The van der Waals surface area contributed by atoms with Crippen molar-refractivity contribution in [2.45, 2.75) is 66.0 Å². The Kier molecular flexibility index (Phi) is 7.29. The molecule has 176 valence electrons. The zero-order valence-corrected chi connectivity index (χ0v) is 21.7. The first-order valence-electron chi connectivity index (χ1n) is 11.1. The molecule has 1 amide bonds. The van der Waals surface area contributed by atoms with Crippen LogP contribution in [-0.4, -0.2) is 43.0 Å². The van der Waals surface area contributed by atoms with Gasteiger partial charge in [-0.15, -0.1) is 0 Å². The number of thioether (sulfide) groups is 1. The van der Waals surface area contributed by atoms with Crippen molar-refractivity contribution in [3.8, 4) is 0 Å². The number of amides is 1. The molecule has 33 heavy (non-hydrogen) atoms. The fraction of sp³-hybridized carbons (Fsp3) is 0.480. The van der Waals surface area contributed by atoms with Crippen LogP contribution in [-0.2, 0) is 9.59 Å². The zero-order valence-electron chi connectivity index (χ0n) is 20.1. The van der Waals surface area contributed by atoms with Crippen LogP contribution in [0.5, 0.6) is 0 Å². The molecule has 0 spiro atoms. The lowest BCUT2D eigenvalue weighted by Gasteiger charge is -2.22. The van der Waals surface area contributed by atoms with Crippen LogP contribution in [0.15, 0.2) is 46.1 Å². The fourth-order valence-corrected chi connectivity index (χ4v) is 4.95. The molecule has 0 saturated carbocycles. The SMILES string of the molecule is CC(C)(C)C1=C[N+](C(C)(C)C)=NC1c1ccc(C=C2SC(=S)N(CCCC(=O)O)C2=O)cc1. The van der Waals surface area contributed by atoms with Gasteiger partial charge in [-0.05, 0) is 34.2 Å². The number of hydrogen-bond acceptors (Lipinski definition) is 5. The highest BCUT2D eigenvalue weighted by Gasteiger charge is 2.40. The molecule has 8 heteroatoms. The molecule has 6 nitrogen and oxygen atoms in total. The molecule has 2 aliphatic rings. The lowest BCUT2D eigenvalue weighted by atomic mass is 9.81. The number of hydrogen-bond donors (Lipinski definition) is 1. The molecule has 1 unspecified atom stereocenters. The molecule has 0 aromatic heterocycles. The van der Waals surface area contributed by atoms with Crippen LogP contribution < -0.4 is 0 Å². The van der Waals surface area contributed by atoms with E-state index in [0.717, 1.165) is 11.1 Å². The van der Waals surface area contributed by atoms with Crippen molar-refractivity contribution in [2.75, 3.05) is 6.54 Å². The monoisotopic (exact) mass is 486 g/mol. The first-order valence-corrected chi connectivity index (χ1v) is 12.3. The highest BCUT2D eigenvalue weighted by Crippen LogP contribution is 2.43. The predicted molar refractivity (Wildman–Crippen MR) is 136 cm³/mol. The first kappa shape index (κ1) is 25.3. The molecular formula is C25H32N3O3S2+. The Morgan fingerprint density at radius 2 is 1.85 bits per heavy atom. The summed E-state index contributed by atoms with van der Waals surface area (Å²) in [5.74, 6) is -1.04. The predicted octanol–water partition coefficient (Wildman–Crippen LogP) is 6.00. The number of nitrogens with zero attached hydrogens (tertiary/aromatic N) is 3. The molecule has 0 bridgehead atoms. The standard InChI is InChI=1S/C25H31N3O3S2/c1-24(2,3)18-15-28(25(4,5)6)26-21(18)17-11-9-16(10-12-17)14-19-22(31)27(23(32)33-19)13-7-8-20(29)30/h9-12,14-15,21H,7-8,13H2,1-6H3/p+1. The van der Waals surface area contributed by atoms with Crippen LogP contribution in [0.1, 0.15) is 71.6 Å². The van der Waals surface area contributed by atoms with Crippen molar-refractivity contribution in [2.24, 2.45) is 10.5 Å². The maximum atomic E-state index is 12.7. The van der Waals surface area contributed by atoms with Gasteiger partial charge in [0.1, 0.15) is 4.32 Å². The third-order valence-electron chi connectivity index (χ3n) is 5.55. The smallest absolute Gasteiger partial charge is 0.303 e. The van der Waals surface area contributed by atoms with Gasteiger partial charge in [-0.2, -0.15) is 0 Å². The van der Waals surface area contributed by atoms with Crippen molar-refractivity contribution in [3.05, 3.63) is 52.1 Å². The van der Waals surface area contributed by atoms with Crippen molar-refractivity contribution < 1.29 is 19.4 Å². The average Bonchev–Trinajstić information content (AvgIpc) is 3.26. The van der Waals surface area contributed by atoms with Gasteiger partial charge in [0.25, 0.3) is 5.91 Å². The van der Waals surface area contributed by atoms with Gasteiger partial charge < -0.3 is 5.11 Å². The summed E-state index contributed by atoms with van der Waals surface area (Å²) >= 11 is 6.59. The Morgan fingerprint density at radius 1 is 1.21 bits per heavy atom. The second-order valence-electron chi connectivity index (χ2n) is 10.4. The Morgan fingerprint density at radius 3 is 2.39 bits per heavy atom. The normalized spacial score (nSPS) is 20.5. The van der Waals surface area contributed by atoms with Gasteiger partial charge in [-0.1, -0.05) is 73.7 Å². The van der Waals surface area contributed by atoms with Crippen LogP contribution in [0.2, 0.25) is 0 Å². The van der Waals surface area contributed by atoms with E-state index in [1.54, 1.807) is 0 Å². The average molecular weight is 487 g/mol. The Labute approximate surface area is 205 Å². The van der Waals surface area contributed by atoms with Crippen LogP contribution in [0.4, 0.5) is 0 Å². The first-order chi connectivity index (χ1) is 15.3. The topological polar surface area (TPSA) is 73.0 Å². The number of rotatable bonds is 6. The van der Waals surface area contributed by atoms with E-state index in [-0.39, 0.29) is 29.3 Å². The summed E-state index contributed by atoms with van der Waals surface area (Å²) in [4.78, 5) is 25.5. The molecule has 3 rings (SSSR count). The minimum Gasteiger partial charge on any atom is -0.481 e. The van der Waals surface area contributed by atoms with E-state index in [2.05, 4.69) is 64.6 Å². The molecule has 1 fully saturated rings.